The second kappa shape index (κ2) is 4.24. The molecule has 1 heterocycles. The Bertz CT molecular complexity index is 330. The van der Waals surface area contributed by atoms with Crippen LogP contribution in [0, 0.1) is 5.92 Å². The monoisotopic (exact) mass is 212 g/mol. The number of methoxy groups -OCH3 is 1. The van der Waals surface area contributed by atoms with Gasteiger partial charge in [0, 0.05) is 25.0 Å². The Morgan fingerprint density at radius 2 is 2.43 bits per heavy atom. The predicted molar refractivity (Wildman–Crippen MR) is 54.4 cm³/mol. The molecule has 0 aliphatic heterocycles. The summed E-state index contributed by atoms with van der Waals surface area (Å²) in [5.41, 5.74) is 2.22. The molecule has 0 N–H and O–H groups in total. The Morgan fingerprint density at radius 1 is 1.57 bits per heavy atom. The molecule has 4 heteroatoms. The van der Waals surface area contributed by atoms with Gasteiger partial charge in [-0.05, 0) is 25.2 Å². The highest BCUT2D eigenvalue weighted by molar-refractivity contribution is 6.30. The zero-order valence-electron chi connectivity index (χ0n) is 8.16. The molecule has 0 saturated carbocycles. The van der Waals surface area contributed by atoms with Crippen molar-refractivity contribution in [2.75, 3.05) is 13.7 Å². The highest BCUT2D eigenvalue weighted by Crippen LogP contribution is 2.27. The lowest BCUT2D eigenvalue weighted by atomic mass is 9.88. The molecule has 0 fully saturated rings. The summed E-state index contributed by atoms with van der Waals surface area (Å²) in [6, 6.07) is 0. The smallest absolute Gasteiger partial charge is 0.135 e. The molecule has 0 spiro atoms. The predicted octanol–water partition coefficient (Wildman–Crippen LogP) is 1.88. The minimum atomic E-state index is 0.582. The van der Waals surface area contributed by atoms with Gasteiger partial charge in [-0.1, -0.05) is 11.6 Å². The number of ether oxygens (including phenoxy) is 1. The Balaban J connectivity index is 2.18. The summed E-state index contributed by atoms with van der Waals surface area (Å²) in [4.78, 5) is 8.25. The quantitative estimate of drug-likeness (QED) is 0.703. The zero-order chi connectivity index (χ0) is 9.97. The van der Waals surface area contributed by atoms with Gasteiger partial charge >= 0.3 is 0 Å². The van der Waals surface area contributed by atoms with Crippen LogP contribution in [-0.4, -0.2) is 23.7 Å². The molecule has 14 heavy (non-hydrogen) atoms. The number of nitrogens with zero attached hydrogens (tertiary/aromatic N) is 2. The standard InChI is InChI=1S/C10H13ClN2O/c1-14-5-7-2-3-8-9(4-7)12-6-13-10(8)11/h6-7H,2-5H2,1H3. The Labute approximate surface area is 88.5 Å². The van der Waals surface area contributed by atoms with Gasteiger partial charge in [-0.3, -0.25) is 0 Å². The van der Waals surface area contributed by atoms with Crippen molar-refractivity contribution in [3.63, 3.8) is 0 Å². The lowest BCUT2D eigenvalue weighted by Gasteiger charge is -2.22. The van der Waals surface area contributed by atoms with Crippen LogP contribution in [0.15, 0.2) is 6.33 Å². The molecule has 1 aliphatic carbocycles. The summed E-state index contributed by atoms with van der Waals surface area (Å²) >= 11 is 5.98. The number of hydrogen-bond donors (Lipinski definition) is 0. The molecule has 0 amide bonds. The number of halogens is 1. The van der Waals surface area contributed by atoms with Gasteiger partial charge in [0.1, 0.15) is 11.5 Å². The van der Waals surface area contributed by atoms with E-state index in [1.807, 2.05) is 0 Å². The summed E-state index contributed by atoms with van der Waals surface area (Å²) in [6.07, 6.45) is 4.60. The molecule has 0 radical (unpaired) electrons. The van der Waals surface area contributed by atoms with E-state index >= 15 is 0 Å². The van der Waals surface area contributed by atoms with E-state index in [4.69, 9.17) is 16.3 Å². The summed E-state index contributed by atoms with van der Waals surface area (Å²) in [6.45, 7) is 0.807. The second-order valence-corrected chi connectivity index (χ2v) is 4.01. The van der Waals surface area contributed by atoms with Gasteiger partial charge < -0.3 is 4.74 Å². The summed E-state index contributed by atoms with van der Waals surface area (Å²) < 4.78 is 5.15. The Kier molecular flexibility index (Phi) is 2.99. The van der Waals surface area contributed by atoms with Crippen molar-refractivity contribution in [1.82, 2.24) is 9.97 Å². The molecule has 2 rings (SSSR count). The molecular formula is C10H13ClN2O. The van der Waals surface area contributed by atoms with Crippen molar-refractivity contribution in [2.45, 2.75) is 19.3 Å². The van der Waals surface area contributed by atoms with Crippen molar-refractivity contribution in [1.29, 1.82) is 0 Å². The SMILES string of the molecule is COCC1CCc2c(Cl)ncnc2C1. The lowest BCUT2D eigenvalue weighted by Crippen LogP contribution is -2.20. The second-order valence-electron chi connectivity index (χ2n) is 3.65. The van der Waals surface area contributed by atoms with Crippen LogP contribution >= 0.6 is 11.6 Å². The Morgan fingerprint density at radius 3 is 3.21 bits per heavy atom. The van der Waals surface area contributed by atoms with E-state index in [0.29, 0.717) is 11.1 Å². The lowest BCUT2D eigenvalue weighted by molar-refractivity contribution is 0.144. The number of fused-ring (bicyclic) bond motifs is 1. The van der Waals surface area contributed by atoms with Crippen molar-refractivity contribution >= 4 is 11.6 Å². The van der Waals surface area contributed by atoms with E-state index in [9.17, 15) is 0 Å². The van der Waals surface area contributed by atoms with E-state index in [1.54, 1.807) is 7.11 Å². The maximum atomic E-state index is 5.98. The first-order chi connectivity index (χ1) is 6.81. The largest absolute Gasteiger partial charge is 0.384 e. The van der Waals surface area contributed by atoms with Gasteiger partial charge in [0.05, 0.1) is 0 Å². The fourth-order valence-electron chi connectivity index (χ4n) is 1.95. The molecule has 1 unspecified atom stereocenters. The average Bonchev–Trinajstić information content (AvgIpc) is 2.18. The molecule has 1 aromatic heterocycles. The first-order valence-corrected chi connectivity index (χ1v) is 5.16. The van der Waals surface area contributed by atoms with E-state index < -0.39 is 0 Å². The fraction of sp³-hybridized carbons (Fsp3) is 0.600. The molecule has 0 saturated heterocycles. The maximum absolute atomic E-state index is 5.98. The number of aromatic nitrogens is 2. The van der Waals surface area contributed by atoms with E-state index in [-0.39, 0.29) is 0 Å². The first-order valence-electron chi connectivity index (χ1n) is 4.78. The van der Waals surface area contributed by atoms with Crippen molar-refractivity contribution in [2.24, 2.45) is 5.92 Å². The minimum absolute atomic E-state index is 0.582. The minimum Gasteiger partial charge on any atom is -0.384 e. The molecular weight excluding hydrogens is 200 g/mol. The third kappa shape index (κ3) is 1.88. The topological polar surface area (TPSA) is 35.0 Å². The van der Waals surface area contributed by atoms with Gasteiger partial charge in [-0.15, -0.1) is 0 Å². The van der Waals surface area contributed by atoms with Gasteiger partial charge in [0.25, 0.3) is 0 Å². The van der Waals surface area contributed by atoms with Gasteiger partial charge in [0.2, 0.25) is 0 Å². The molecule has 0 bridgehead atoms. The maximum Gasteiger partial charge on any atom is 0.135 e. The van der Waals surface area contributed by atoms with Crippen LogP contribution in [0.3, 0.4) is 0 Å². The molecule has 1 aromatic rings. The zero-order valence-corrected chi connectivity index (χ0v) is 8.92. The summed E-state index contributed by atoms with van der Waals surface area (Å²) in [5, 5.41) is 0.617. The van der Waals surface area contributed by atoms with Crippen LogP contribution in [0.1, 0.15) is 17.7 Å². The fourth-order valence-corrected chi connectivity index (χ4v) is 2.20. The van der Waals surface area contributed by atoms with Gasteiger partial charge in [0.15, 0.2) is 0 Å². The summed E-state index contributed by atoms with van der Waals surface area (Å²) in [5.74, 6) is 0.582. The van der Waals surface area contributed by atoms with Crippen LogP contribution in [0.2, 0.25) is 5.15 Å². The van der Waals surface area contributed by atoms with Crippen LogP contribution < -0.4 is 0 Å². The van der Waals surface area contributed by atoms with Crippen LogP contribution in [0.25, 0.3) is 0 Å². The van der Waals surface area contributed by atoms with E-state index in [0.717, 1.165) is 37.1 Å². The highest BCUT2D eigenvalue weighted by atomic mass is 35.5. The average molecular weight is 213 g/mol. The molecule has 1 atom stereocenters. The third-order valence-corrected chi connectivity index (χ3v) is 2.99. The molecule has 3 nitrogen and oxygen atoms in total. The van der Waals surface area contributed by atoms with Crippen molar-refractivity contribution < 1.29 is 4.74 Å². The highest BCUT2D eigenvalue weighted by Gasteiger charge is 2.21. The van der Waals surface area contributed by atoms with Crippen LogP contribution in [-0.2, 0) is 17.6 Å². The van der Waals surface area contributed by atoms with Crippen LogP contribution in [0.4, 0.5) is 0 Å². The number of rotatable bonds is 2. The van der Waals surface area contributed by atoms with Gasteiger partial charge in [-0.25, -0.2) is 9.97 Å². The molecule has 0 aromatic carbocycles. The van der Waals surface area contributed by atoms with Crippen molar-refractivity contribution in [3.05, 3.63) is 22.7 Å². The van der Waals surface area contributed by atoms with E-state index in [1.165, 1.54) is 6.33 Å². The Hall–Kier alpha value is -0.670. The summed E-state index contributed by atoms with van der Waals surface area (Å²) in [7, 11) is 1.74. The third-order valence-electron chi connectivity index (χ3n) is 2.67. The van der Waals surface area contributed by atoms with Gasteiger partial charge in [-0.2, -0.15) is 0 Å². The van der Waals surface area contributed by atoms with E-state index in [2.05, 4.69) is 9.97 Å². The first kappa shape index (κ1) is 9.87. The molecule has 76 valence electrons. The van der Waals surface area contributed by atoms with Crippen molar-refractivity contribution in [3.8, 4) is 0 Å². The number of hydrogen-bond acceptors (Lipinski definition) is 3. The normalized spacial score (nSPS) is 20.6. The molecule has 1 aliphatic rings. The van der Waals surface area contributed by atoms with Crippen LogP contribution in [0.5, 0.6) is 0 Å².